The van der Waals surface area contributed by atoms with E-state index in [9.17, 15) is 0 Å². The standard InChI is InChI=1S/C36H39NO3/c1-3-9-26(10-4-1)13-8-22-39-36-19-7-14-32-35(36)20-21-37(24-27-15-16-27)31(36)23-29-17-18-30(34(40-32)33(29)35)38-25-28-11-5-2-6-12-28/h1-6,8-13,17-18,27,31-32H,7,14-16,19-25H2/t31-,32+,35-,36?/m1/s1. The summed E-state index contributed by atoms with van der Waals surface area (Å²) in [6, 6.07) is 25.9. The second-order valence-electron chi connectivity index (χ2n) is 12.6. The van der Waals surface area contributed by atoms with E-state index in [2.05, 4.69) is 89.8 Å². The van der Waals surface area contributed by atoms with Crippen molar-refractivity contribution in [3.63, 3.8) is 0 Å². The van der Waals surface area contributed by atoms with E-state index in [1.807, 2.05) is 0 Å². The Balaban J connectivity index is 1.17. The van der Waals surface area contributed by atoms with Crippen LogP contribution in [-0.4, -0.2) is 42.3 Å². The third-order valence-corrected chi connectivity index (χ3v) is 10.4. The fraction of sp³-hybridized carbons (Fsp3) is 0.444. The summed E-state index contributed by atoms with van der Waals surface area (Å²) in [4.78, 5) is 2.81. The molecule has 1 spiro atoms. The molecule has 1 unspecified atom stereocenters. The molecule has 3 fully saturated rings. The minimum absolute atomic E-state index is 0.106. The van der Waals surface area contributed by atoms with Crippen molar-refractivity contribution < 1.29 is 14.2 Å². The lowest BCUT2D eigenvalue weighted by Crippen LogP contribution is -2.76. The molecule has 5 aliphatic rings. The molecule has 0 N–H and O–H groups in total. The Morgan fingerprint density at radius 3 is 2.58 bits per heavy atom. The number of ether oxygens (including phenoxy) is 3. The van der Waals surface area contributed by atoms with Crippen molar-refractivity contribution in [3.8, 4) is 11.5 Å². The van der Waals surface area contributed by atoms with Gasteiger partial charge in [0.15, 0.2) is 11.5 Å². The van der Waals surface area contributed by atoms with E-state index < -0.39 is 0 Å². The molecule has 2 heterocycles. The zero-order chi connectivity index (χ0) is 26.6. The summed E-state index contributed by atoms with van der Waals surface area (Å²) < 4.78 is 20.7. The summed E-state index contributed by atoms with van der Waals surface area (Å²) in [5.74, 6) is 2.76. The van der Waals surface area contributed by atoms with Crippen LogP contribution in [0.25, 0.3) is 6.08 Å². The first kappa shape index (κ1) is 24.7. The topological polar surface area (TPSA) is 30.9 Å². The van der Waals surface area contributed by atoms with Crippen LogP contribution in [0.5, 0.6) is 11.5 Å². The average Bonchev–Trinajstić information content (AvgIpc) is 3.75. The van der Waals surface area contributed by atoms with E-state index in [0.717, 1.165) is 56.1 Å². The molecule has 2 saturated carbocycles. The van der Waals surface area contributed by atoms with Crippen molar-refractivity contribution in [2.45, 2.75) is 74.7 Å². The van der Waals surface area contributed by atoms with Crippen LogP contribution < -0.4 is 9.47 Å². The SMILES string of the molecule is C(=Cc1ccccc1)COC12CCC[C@@H]3Oc4c(OCc5ccccc5)ccc5c4[C@@]31CCN(CC1CC1)[C@@H]2C5. The van der Waals surface area contributed by atoms with Gasteiger partial charge in [0, 0.05) is 18.2 Å². The van der Waals surface area contributed by atoms with Gasteiger partial charge < -0.3 is 14.2 Å². The number of likely N-dealkylation sites (tertiary alicyclic amines) is 1. The Morgan fingerprint density at radius 2 is 1.75 bits per heavy atom. The average molecular weight is 534 g/mol. The van der Waals surface area contributed by atoms with Crippen molar-refractivity contribution in [1.82, 2.24) is 4.90 Å². The first-order chi connectivity index (χ1) is 19.8. The largest absolute Gasteiger partial charge is 0.485 e. The van der Waals surface area contributed by atoms with E-state index in [4.69, 9.17) is 14.2 Å². The summed E-state index contributed by atoms with van der Waals surface area (Å²) >= 11 is 0. The van der Waals surface area contributed by atoms with Gasteiger partial charge in [-0.1, -0.05) is 78.9 Å². The van der Waals surface area contributed by atoms with Crippen LogP contribution in [0.2, 0.25) is 0 Å². The fourth-order valence-electron chi connectivity index (χ4n) is 8.52. The van der Waals surface area contributed by atoms with Gasteiger partial charge in [0.05, 0.1) is 17.6 Å². The zero-order valence-electron chi connectivity index (χ0n) is 23.3. The molecule has 206 valence electrons. The lowest BCUT2D eigenvalue weighted by molar-refractivity contribution is -0.210. The van der Waals surface area contributed by atoms with Gasteiger partial charge in [0.2, 0.25) is 0 Å². The molecule has 0 radical (unpaired) electrons. The smallest absolute Gasteiger partial charge is 0.165 e. The highest BCUT2D eigenvalue weighted by molar-refractivity contribution is 5.63. The Hall–Kier alpha value is -3.08. The molecular weight excluding hydrogens is 494 g/mol. The zero-order valence-corrected chi connectivity index (χ0v) is 23.3. The molecule has 3 aliphatic carbocycles. The monoisotopic (exact) mass is 533 g/mol. The highest BCUT2D eigenvalue weighted by Crippen LogP contribution is 2.67. The van der Waals surface area contributed by atoms with Crippen molar-refractivity contribution >= 4 is 6.08 Å². The minimum Gasteiger partial charge on any atom is -0.485 e. The van der Waals surface area contributed by atoms with E-state index >= 15 is 0 Å². The Kier molecular flexibility index (Phi) is 6.04. The molecule has 2 aliphatic heterocycles. The van der Waals surface area contributed by atoms with Gasteiger partial charge in [-0.25, -0.2) is 0 Å². The molecular formula is C36H39NO3. The number of piperidine rings is 1. The van der Waals surface area contributed by atoms with Gasteiger partial charge in [-0.05, 0) is 80.2 Å². The minimum atomic E-state index is -0.236. The van der Waals surface area contributed by atoms with Gasteiger partial charge in [-0.15, -0.1) is 0 Å². The number of nitrogens with zero attached hydrogens (tertiary/aromatic N) is 1. The second-order valence-corrected chi connectivity index (χ2v) is 12.6. The number of benzene rings is 3. The Morgan fingerprint density at radius 1 is 0.925 bits per heavy atom. The summed E-state index contributed by atoms with van der Waals surface area (Å²) in [6.45, 7) is 3.54. The van der Waals surface area contributed by atoms with Crippen LogP contribution >= 0.6 is 0 Å². The van der Waals surface area contributed by atoms with E-state index in [-0.39, 0.29) is 17.1 Å². The fourth-order valence-corrected chi connectivity index (χ4v) is 8.52. The number of hydrogen-bond donors (Lipinski definition) is 0. The molecule has 4 nitrogen and oxygen atoms in total. The number of rotatable bonds is 9. The first-order valence-electron chi connectivity index (χ1n) is 15.4. The summed E-state index contributed by atoms with van der Waals surface area (Å²) in [5.41, 5.74) is 4.93. The Labute approximate surface area is 237 Å². The van der Waals surface area contributed by atoms with Crippen LogP contribution in [0.3, 0.4) is 0 Å². The van der Waals surface area contributed by atoms with Crippen LogP contribution in [0.15, 0.2) is 78.9 Å². The maximum absolute atomic E-state index is 7.27. The van der Waals surface area contributed by atoms with Gasteiger partial charge in [0.1, 0.15) is 12.7 Å². The number of hydrogen-bond acceptors (Lipinski definition) is 4. The third kappa shape index (κ3) is 3.87. The normalized spacial score (nSPS) is 30.2. The predicted octanol–water partition coefficient (Wildman–Crippen LogP) is 6.96. The molecule has 0 aromatic heterocycles. The maximum atomic E-state index is 7.27. The van der Waals surface area contributed by atoms with Crippen LogP contribution in [0, 0.1) is 5.92 Å². The second kappa shape index (κ2) is 9.78. The Bertz CT molecular complexity index is 1400. The van der Waals surface area contributed by atoms with Gasteiger partial charge in [-0.2, -0.15) is 0 Å². The van der Waals surface area contributed by atoms with E-state index in [1.54, 1.807) is 0 Å². The molecule has 2 bridgehead atoms. The van der Waals surface area contributed by atoms with Gasteiger partial charge >= 0.3 is 0 Å². The lowest BCUT2D eigenvalue weighted by atomic mass is 9.49. The van der Waals surface area contributed by atoms with Crippen LogP contribution in [-0.2, 0) is 23.2 Å². The van der Waals surface area contributed by atoms with E-state index in [0.29, 0.717) is 19.3 Å². The molecule has 8 rings (SSSR count). The van der Waals surface area contributed by atoms with E-state index in [1.165, 1.54) is 41.6 Å². The highest BCUT2D eigenvalue weighted by Gasteiger charge is 2.72. The first-order valence-corrected chi connectivity index (χ1v) is 15.4. The van der Waals surface area contributed by atoms with Gasteiger partial charge in [0.25, 0.3) is 0 Å². The summed E-state index contributed by atoms with van der Waals surface area (Å²) in [5, 5.41) is 0. The maximum Gasteiger partial charge on any atom is 0.165 e. The van der Waals surface area contributed by atoms with Crippen molar-refractivity contribution in [2.75, 3.05) is 19.7 Å². The molecule has 3 aromatic carbocycles. The summed E-state index contributed by atoms with van der Waals surface area (Å²) in [6.07, 6.45) is 12.8. The third-order valence-electron chi connectivity index (χ3n) is 10.4. The summed E-state index contributed by atoms with van der Waals surface area (Å²) in [7, 11) is 0. The quantitative estimate of drug-likeness (QED) is 0.298. The van der Waals surface area contributed by atoms with Gasteiger partial charge in [-0.3, -0.25) is 4.90 Å². The van der Waals surface area contributed by atoms with Crippen molar-refractivity contribution in [1.29, 1.82) is 0 Å². The van der Waals surface area contributed by atoms with Crippen molar-refractivity contribution in [2.24, 2.45) is 5.92 Å². The molecule has 0 amide bonds. The molecule has 4 atom stereocenters. The van der Waals surface area contributed by atoms with Crippen LogP contribution in [0.4, 0.5) is 0 Å². The predicted molar refractivity (Wildman–Crippen MR) is 158 cm³/mol. The molecule has 4 heteroatoms. The molecule has 1 saturated heterocycles. The van der Waals surface area contributed by atoms with Crippen LogP contribution in [0.1, 0.15) is 60.8 Å². The lowest BCUT2D eigenvalue weighted by Gasteiger charge is -2.65. The highest BCUT2D eigenvalue weighted by atomic mass is 16.5. The molecule has 40 heavy (non-hydrogen) atoms. The van der Waals surface area contributed by atoms with Crippen molar-refractivity contribution in [3.05, 3.63) is 101 Å². The molecule has 3 aromatic rings.